The summed E-state index contributed by atoms with van der Waals surface area (Å²) in [6.45, 7) is 0.238. The summed E-state index contributed by atoms with van der Waals surface area (Å²) in [5.41, 5.74) is 1.27. The van der Waals surface area contributed by atoms with Gasteiger partial charge in [-0.15, -0.1) is 0 Å². The van der Waals surface area contributed by atoms with E-state index in [-0.39, 0.29) is 18.4 Å². The molecule has 2 rings (SSSR count). The molecule has 23 heavy (non-hydrogen) atoms. The molecule has 0 aliphatic heterocycles. The van der Waals surface area contributed by atoms with Crippen LogP contribution in [0.1, 0.15) is 15.9 Å². The standard InChI is InChI=1S/C17H16Cl2N2O2/c1-21(11-13-8-5-9-14(18)16(13)19)15(22)10-20-17(23)12-6-3-2-4-7-12/h2-9H,10-11H2,1H3,(H,20,23). The molecule has 0 unspecified atom stereocenters. The minimum atomic E-state index is -0.284. The molecule has 2 aromatic rings. The van der Waals surface area contributed by atoms with Crippen molar-refractivity contribution in [3.63, 3.8) is 0 Å². The smallest absolute Gasteiger partial charge is 0.251 e. The Labute approximate surface area is 145 Å². The average Bonchev–Trinajstić information content (AvgIpc) is 2.57. The summed E-state index contributed by atoms with van der Waals surface area (Å²) in [6, 6.07) is 14.0. The third-order valence-corrected chi connectivity index (χ3v) is 4.16. The van der Waals surface area contributed by atoms with Gasteiger partial charge >= 0.3 is 0 Å². The Kier molecular flexibility index (Phi) is 6.02. The molecular weight excluding hydrogens is 335 g/mol. The van der Waals surface area contributed by atoms with Gasteiger partial charge in [-0.25, -0.2) is 0 Å². The second-order valence-electron chi connectivity index (χ2n) is 5.01. The van der Waals surface area contributed by atoms with Crippen molar-refractivity contribution in [1.29, 1.82) is 0 Å². The Morgan fingerprint density at radius 2 is 1.74 bits per heavy atom. The topological polar surface area (TPSA) is 49.4 Å². The van der Waals surface area contributed by atoms with Crippen LogP contribution in [-0.4, -0.2) is 30.3 Å². The van der Waals surface area contributed by atoms with Gasteiger partial charge in [-0.1, -0.05) is 53.5 Å². The molecule has 1 N–H and O–H groups in total. The first kappa shape index (κ1) is 17.3. The van der Waals surface area contributed by atoms with Crippen LogP contribution in [0.4, 0.5) is 0 Å². The van der Waals surface area contributed by atoms with Crippen molar-refractivity contribution < 1.29 is 9.59 Å². The van der Waals surface area contributed by atoms with E-state index in [1.807, 2.05) is 6.07 Å². The van der Waals surface area contributed by atoms with E-state index in [1.54, 1.807) is 49.5 Å². The molecule has 2 aromatic carbocycles. The Bertz CT molecular complexity index is 705. The molecule has 120 valence electrons. The number of rotatable bonds is 5. The molecule has 0 heterocycles. The highest BCUT2D eigenvalue weighted by molar-refractivity contribution is 6.42. The van der Waals surface area contributed by atoms with Gasteiger partial charge in [0.05, 0.1) is 16.6 Å². The van der Waals surface area contributed by atoms with Crippen LogP contribution < -0.4 is 5.32 Å². The quantitative estimate of drug-likeness (QED) is 0.898. The molecule has 0 radical (unpaired) electrons. The van der Waals surface area contributed by atoms with E-state index in [9.17, 15) is 9.59 Å². The second-order valence-corrected chi connectivity index (χ2v) is 5.80. The van der Waals surface area contributed by atoms with Crippen LogP contribution in [0.2, 0.25) is 10.0 Å². The number of nitrogens with one attached hydrogen (secondary N) is 1. The third kappa shape index (κ3) is 4.71. The zero-order chi connectivity index (χ0) is 16.8. The van der Waals surface area contributed by atoms with Crippen LogP contribution in [0.15, 0.2) is 48.5 Å². The molecule has 0 aromatic heterocycles. The van der Waals surface area contributed by atoms with Gasteiger partial charge in [0.25, 0.3) is 5.91 Å². The fourth-order valence-corrected chi connectivity index (χ4v) is 2.38. The number of benzene rings is 2. The highest BCUT2D eigenvalue weighted by Crippen LogP contribution is 2.26. The van der Waals surface area contributed by atoms with Crippen LogP contribution in [0.5, 0.6) is 0 Å². The van der Waals surface area contributed by atoms with Crippen molar-refractivity contribution in [2.45, 2.75) is 6.54 Å². The lowest BCUT2D eigenvalue weighted by Gasteiger charge is -2.18. The maximum Gasteiger partial charge on any atom is 0.251 e. The monoisotopic (exact) mass is 350 g/mol. The minimum absolute atomic E-state index is 0.0809. The SMILES string of the molecule is CN(Cc1cccc(Cl)c1Cl)C(=O)CNC(=O)c1ccccc1. The lowest BCUT2D eigenvalue weighted by molar-refractivity contribution is -0.129. The highest BCUT2D eigenvalue weighted by Gasteiger charge is 2.14. The van der Waals surface area contributed by atoms with Crippen LogP contribution in [0, 0.1) is 0 Å². The van der Waals surface area contributed by atoms with Crippen molar-refractivity contribution in [1.82, 2.24) is 10.2 Å². The number of amides is 2. The fraction of sp³-hybridized carbons (Fsp3) is 0.176. The van der Waals surface area contributed by atoms with Gasteiger partial charge in [-0.05, 0) is 23.8 Å². The molecule has 0 fully saturated rings. The fourth-order valence-electron chi connectivity index (χ4n) is 2.00. The first-order valence-corrected chi connectivity index (χ1v) is 7.74. The maximum atomic E-state index is 12.1. The average molecular weight is 351 g/mol. The van der Waals surface area contributed by atoms with Gasteiger partial charge in [-0.2, -0.15) is 0 Å². The molecule has 6 heteroatoms. The van der Waals surface area contributed by atoms with Gasteiger partial charge in [0.1, 0.15) is 0 Å². The number of hydrogen-bond acceptors (Lipinski definition) is 2. The van der Waals surface area contributed by atoms with Crippen molar-refractivity contribution in [2.75, 3.05) is 13.6 Å². The van der Waals surface area contributed by atoms with Gasteiger partial charge in [-0.3, -0.25) is 9.59 Å². The van der Waals surface area contributed by atoms with Crippen LogP contribution in [0.3, 0.4) is 0 Å². The van der Waals surface area contributed by atoms with Crippen LogP contribution in [-0.2, 0) is 11.3 Å². The molecule has 0 aliphatic carbocycles. The number of likely N-dealkylation sites (N-methyl/N-ethyl adjacent to an activating group) is 1. The van der Waals surface area contributed by atoms with E-state index in [4.69, 9.17) is 23.2 Å². The van der Waals surface area contributed by atoms with Gasteiger partial charge < -0.3 is 10.2 Å². The first-order valence-electron chi connectivity index (χ1n) is 6.99. The summed E-state index contributed by atoms with van der Waals surface area (Å²) in [6.07, 6.45) is 0. The van der Waals surface area contributed by atoms with E-state index in [2.05, 4.69) is 5.32 Å². The highest BCUT2D eigenvalue weighted by atomic mass is 35.5. The van der Waals surface area contributed by atoms with E-state index in [0.717, 1.165) is 5.56 Å². The third-order valence-electron chi connectivity index (χ3n) is 3.30. The number of nitrogens with zero attached hydrogens (tertiary/aromatic N) is 1. The van der Waals surface area contributed by atoms with Gasteiger partial charge in [0.2, 0.25) is 5.91 Å². The van der Waals surface area contributed by atoms with Crippen molar-refractivity contribution in [3.05, 3.63) is 69.7 Å². The summed E-state index contributed by atoms with van der Waals surface area (Å²) >= 11 is 12.1. The summed E-state index contributed by atoms with van der Waals surface area (Å²) < 4.78 is 0. The molecule has 0 aliphatic rings. The predicted molar refractivity (Wildman–Crippen MR) is 91.7 cm³/mol. The van der Waals surface area contributed by atoms with E-state index < -0.39 is 0 Å². The predicted octanol–water partition coefficient (Wildman–Crippen LogP) is 3.38. The van der Waals surface area contributed by atoms with E-state index in [1.165, 1.54) is 4.90 Å². The summed E-state index contributed by atoms with van der Waals surface area (Å²) in [5, 5.41) is 3.48. The van der Waals surface area contributed by atoms with Crippen LogP contribution in [0.25, 0.3) is 0 Å². The Morgan fingerprint density at radius 1 is 1.04 bits per heavy atom. The minimum Gasteiger partial charge on any atom is -0.343 e. The normalized spacial score (nSPS) is 10.2. The van der Waals surface area contributed by atoms with Crippen molar-refractivity contribution in [3.8, 4) is 0 Å². The summed E-state index contributed by atoms with van der Waals surface area (Å²) in [5.74, 6) is -0.501. The molecule has 4 nitrogen and oxygen atoms in total. The first-order chi connectivity index (χ1) is 11.0. The maximum absolute atomic E-state index is 12.1. The Hall–Kier alpha value is -2.04. The zero-order valence-electron chi connectivity index (χ0n) is 12.6. The van der Waals surface area contributed by atoms with Crippen molar-refractivity contribution >= 4 is 35.0 Å². The molecule has 2 amide bonds. The Morgan fingerprint density at radius 3 is 2.43 bits per heavy atom. The van der Waals surface area contributed by atoms with E-state index >= 15 is 0 Å². The zero-order valence-corrected chi connectivity index (χ0v) is 14.1. The molecule has 0 bridgehead atoms. The second kappa shape index (κ2) is 7.99. The number of carbonyl (C=O) groups is 2. The number of carbonyl (C=O) groups excluding carboxylic acids is 2. The molecule has 0 spiro atoms. The molecule has 0 saturated carbocycles. The summed E-state index contributed by atoms with van der Waals surface area (Å²) in [4.78, 5) is 25.5. The summed E-state index contributed by atoms with van der Waals surface area (Å²) in [7, 11) is 1.65. The van der Waals surface area contributed by atoms with Crippen molar-refractivity contribution in [2.24, 2.45) is 0 Å². The lowest BCUT2D eigenvalue weighted by atomic mass is 10.2. The molecule has 0 atom stereocenters. The van der Waals surface area contributed by atoms with Gasteiger partial charge in [0.15, 0.2) is 0 Å². The molecular formula is C17H16Cl2N2O2. The van der Waals surface area contributed by atoms with Gasteiger partial charge in [0, 0.05) is 19.2 Å². The Balaban J connectivity index is 1.90. The molecule has 0 saturated heterocycles. The number of halogens is 2. The van der Waals surface area contributed by atoms with Crippen LogP contribution >= 0.6 is 23.2 Å². The lowest BCUT2D eigenvalue weighted by Crippen LogP contribution is -2.37. The largest absolute Gasteiger partial charge is 0.343 e. The number of hydrogen-bond donors (Lipinski definition) is 1. The van der Waals surface area contributed by atoms with E-state index in [0.29, 0.717) is 22.2 Å².